The van der Waals surface area contributed by atoms with E-state index in [0.717, 1.165) is 0 Å². The summed E-state index contributed by atoms with van der Waals surface area (Å²) in [6.07, 6.45) is 1.40. The van der Waals surface area contributed by atoms with Crippen LogP contribution in [0.15, 0.2) is 30.5 Å². The molecule has 2 N–H and O–H groups in total. The van der Waals surface area contributed by atoms with Gasteiger partial charge < -0.3 is 10.3 Å². The molecule has 0 fully saturated rings. The fraction of sp³-hybridized carbons (Fsp3) is 0.0833. The standard InChI is InChI=1S/C12H10ClN3OS/c1-16-11(14)9(6-15-12(16)18)10(17)7-2-4-8(13)5-3-7/h2-6H,14H2,1H3. The molecule has 0 aliphatic carbocycles. The second-order valence-electron chi connectivity index (χ2n) is 3.73. The SMILES string of the molecule is Cn1c(N)c(C(=O)c2ccc(Cl)cc2)cnc1=S. The van der Waals surface area contributed by atoms with E-state index in [-0.39, 0.29) is 5.78 Å². The normalized spacial score (nSPS) is 10.3. The summed E-state index contributed by atoms with van der Waals surface area (Å²) in [7, 11) is 1.67. The molecule has 0 aliphatic heterocycles. The number of halogens is 1. The van der Waals surface area contributed by atoms with Gasteiger partial charge in [0.1, 0.15) is 5.82 Å². The molecule has 0 saturated carbocycles. The van der Waals surface area contributed by atoms with Gasteiger partial charge in [0.25, 0.3) is 0 Å². The number of aromatic nitrogens is 2. The van der Waals surface area contributed by atoms with Gasteiger partial charge in [-0.3, -0.25) is 4.79 Å². The molecular formula is C12H10ClN3OS. The van der Waals surface area contributed by atoms with Crippen LogP contribution in [0.25, 0.3) is 0 Å². The lowest BCUT2D eigenvalue weighted by molar-refractivity contribution is 0.103. The zero-order valence-electron chi connectivity index (χ0n) is 9.55. The fourth-order valence-electron chi connectivity index (χ4n) is 1.49. The van der Waals surface area contributed by atoms with Gasteiger partial charge in [-0.15, -0.1) is 0 Å². The maximum Gasteiger partial charge on any atom is 0.200 e. The third-order valence-electron chi connectivity index (χ3n) is 2.58. The number of nitrogens with zero attached hydrogens (tertiary/aromatic N) is 2. The van der Waals surface area contributed by atoms with Crippen LogP contribution in [0.4, 0.5) is 5.82 Å². The number of nitrogens with two attached hydrogens (primary N) is 1. The first-order valence-corrected chi connectivity index (χ1v) is 5.91. The van der Waals surface area contributed by atoms with Gasteiger partial charge in [-0.25, -0.2) is 4.98 Å². The maximum absolute atomic E-state index is 12.2. The minimum Gasteiger partial charge on any atom is -0.384 e. The van der Waals surface area contributed by atoms with Gasteiger partial charge in [-0.2, -0.15) is 0 Å². The van der Waals surface area contributed by atoms with Crippen LogP contribution in [0.2, 0.25) is 5.02 Å². The number of hydrogen-bond acceptors (Lipinski definition) is 4. The van der Waals surface area contributed by atoms with E-state index in [1.807, 2.05) is 0 Å². The van der Waals surface area contributed by atoms with Crippen LogP contribution in [0, 0.1) is 4.77 Å². The first-order chi connectivity index (χ1) is 8.50. The zero-order valence-corrected chi connectivity index (χ0v) is 11.1. The van der Waals surface area contributed by atoms with Crippen molar-refractivity contribution in [3.8, 4) is 0 Å². The second kappa shape index (κ2) is 4.88. The Hall–Kier alpha value is -1.72. The number of anilines is 1. The van der Waals surface area contributed by atoms with Crippen molar-refractivity contribution in [3.05, 3.63) is 51.4 Å². The van der Waals surface area contributed by atoms with Crippen molar-refractivity contribution in [3.63, 3.8) is 0 Å². The quantitative estimate of drug-likeness (QED) is 0.678. The van der Waals surface area contributed by atoms with Crippen molar-refractivity contribution in [2.75, 3.05) is 5.73 Å². The Bertz CT molecular complexity index is 664. The van der Waals surface area contributed by atoms with E-state index in [4.69, 9.17) is 29.6 Å². The van der Waals surface area contributed by atoms with Gasteiger partial charge in [-0.05, 0) is 36.5 Å². The Labute approximate surface area is 114 Å². The number of hydrogen-bond donors (Lipinski definition) is 1. The average molecular weight is 280 g/mol. The predicted octanol–water partition coefficient (Wildman–Crippen LogP) is 2.62. The van der Waals surface area contributed by atoms with E-state index in [1.54, 1.807) is 31.3 Å². The average Bonchev–Trinajstić information content (AvgIpc) is 2.36. The number of carbonyl (C=O) groups is 1. The Kier molecular flexibility index (Phi) is 3.45. The van der Waals surface area contributed by atoms with Crippen LogP contribution in [0.5, 0.6) is 0 Å². The largest absolute Gasteiger partial charge is 0.384 e. The van der Waals surface area contributed by atoms with Crippen molar-refractivity contribution < 1.29 is 4.79 Å². The van der Waals surface area contributed by atoms with Gasteiger partial charge in [0.2, 0.25) is 4.77 Å². The highest BCUT2D eigenvalue weighted by atomic mass is 35.5. The summed E-state index contributed by atoms with van der Waals surface area (Å²) in [4.78, 5) is 16.2. The van der Waals surface area contributed by atoms with Gasteiger partial charge in [0.15, 0.2) is 5.78 Å². The molecule has 18 heavy (non-hydrogen) atoms. The van der Waals surface area contributed by atoms with Crippen molar-refractivity contribution in [1.29, 1.82) is 0 Å². The van der Waals surface area contributed by atoms with Crippen LogP contribution in [0.1, 0.15) is 15.9 Å². The molecular weight excluding hydrogens is 270 g/mol. The first kappa shape index (κ1) is 12.7. The third kappa shape index (κ3) is 2.27. The van der Waals surface area contributed by atoms with E-state index in [9.17, 15) is 4.79 Å². The predicted molar refractivity (Wildman–Crippen MR) is 73.3 cm³/mol. The third-order valence-corrected chi connectivity index (χ3v) is 3.21. The van der Waals surface area contributed by atoms with Crippen LogP contribution in [-0.4, -0.2) is 15.3 Å². The number of benzene rings is 1. The molecule has 0 saturated heterocycles. The van der Waals surface area contributed by atoms with Gasteiger partial charge in [0.05, 0.1) is 5.56 Å². The molecule has 6 heteroatoms. The second-order valence-corrected chi connectivity index (χ2v) is 4.54. The van der Waals surface area contributed by atoms with Crippen LogP contribution >= 0.6 is 23.8 Å². The number of carbonyl (C=O) groups excluding carboxylic acids is 1. The molecule has 2 rings (SSSR count). The smallest absolute Gasteiger partial charge is 0.200 e. The molecule has 4 nitrogen and oxygen atoms in total. The van der Waals surface area contributed by atoms with Crippen LogP contribution in [0.3, 0.4) is 0 Å². The van der Waals surface area contributed by atoms with E-state index < -0.39 is 0 Å². The number of nitrogen functional groups attached to an aromatic ring is 1. The molecule has 92 valence electrons. The van der Waals surface area contributed by atoms with E-state index >= 15 is 0 Å². The summed E-state index contributed by atoms with van der Waals surface area (Å²) in [5.74, 6) is 0.0946. The molecule has 0 radical (unpaired) electrons. The van der Waals surface area contributed by atoms with Gasteiger partial charge >= 0.3 is 0 Å². The molecule has 0 atom stereocenters. The fourth-order valence-corrected chi connectivity index (χ4v) is 1.76. The molecule has 1 aromatic heterocycles. The van der Waals surface area contributed by atoms with Crippen molar-refractivity contribution in [2.24, 2.45) is 7.05 Å². The highest BCUT2D eigenvalue weighted by Gasteiger charge is 2.14. The Morgan fingerprint density at radius 1 is 1.39 bits per heavy atom. The molecule has 1 aromatic carbocycles. The van der Waals surface area contributed by atoms with Crippen molar-refractivity contribution >= 4 is 35.4 Å². The van der Waals surface area contributed by atoms with Gasteiger partial charge in [-0.1, -0.05) is 11.6 Å². The Morgan fingerprint density at radius 3 is 2.61 bits per heavy atom. The van der Waals surface area contributed by atoms with E-state index in [0.29, 0.717) is 26.7 Å². The minimum absolute atomic E-state index is 0.206. The molecule has 0 aliphatic rings. The molecule has 0 bridgehead atoms. The lowest BCUT2D eigenvalue weighted by atomic mass is 10.1. The van der Waals surface area contributed by atoms with E-state index in [2.05, 4.69) is 4.98 Å². The first-order valence-electron chi connectivity index (χ1n) is 5.12. The zero-order chi connectivity index (χ0) is 13.3. The molecule has 0 spiro atoms. The highest BCUT2D eigenvalue weighted by molar-refractivity contribution is 7.71. The molecule has 0 unspecified atom stereocenters. The van der Waals surface area contributed by atoms with Crippen LogP contribution < -0.4 is 5.73 Å². The maximum atomic E-state index is 12.2. The minimum atomic E-state index is -0.206. The summed E-state index contributed by atoms with van der Waals surface area (Å²) in [6.45, 7) is 0. The number of rotatable bonds is 2. The summed E-state index contributed by atoms with van der Waals surface area (Å²) in [5, 5.41) is 0.573. The topological polar surface area (TPSA) is 60.9 Å². The van der Waals surface area contributed by atoms with Crippen molar-refractivity contribution in [1.82, 2.24) is 9.55 Å². The van der Waals surface area contributed by atoms with Crippen LogP contribution in [-0.2, 0) is 7.05 Å². The Balaban J connectivity index is 2.50. The molecule has 2 aromatic rings. The monoisotopic (exact) mass is 279 g/mol. The van der Waals surface area contributed by atoms with E-state index in [1.165, 1.54) is 10.8 Å². The Morgan fingerprint density at radius 2 is 2.00 bits per heavy atom. The lowest BCUT2D eigenvalue weighted by Gasteiger charge is -2.08. The highest BCUT2D eigenvalue weighted by Crippen LogP contribution is 2.17. The summed E-state index contributed by atoms with van der Waals surface area (Å²) in [5.41, 5.74) is 6.69. The summed E-state index contributed by atoms with van der Waals surface area (Å²) >= 11 is 10.7. The molecule has 0 amide bonds. The van der Waals surface area contributed by atoms with Crippen molar-refractivity contribution in [2.45, 2.75) is 0 Å². The lowest BCUT2D eigenvalue weighted by Crippen LogP contribution is -2.12. The molecule has 1 heterocycles. The summed E-state index contributed by atoms with van der Waals surface area (Å²) < 4.78 is 1.83. The number of ketones is 1. The van der Waals surface area contributed by atoms with Gasteiger partial charge in [0, 0.05) is 23.8 Å². The summed E-state index contributed by atoms with van der Waals surface area (Å²) in [6, 6.07) is 6.59.